The molecule has 0 bridgehead atoms. The lowest BCUT2D eigenvalue weighted by Crippen LogP contribution is -1.77. The maximum Gasteiger partial charge on any atom is 0.174 e. The normalized spacial score (nSPS) is 33.0. The topological polar surface area (TPSA) is 36.8 Å². The molecule has 0 fully saturated rings. The molecule has 0 spiro atoms. The first-order valence-electron chi connectivity index (χ1n) is 1.42. The molecule has 1 aliphatic heterocycles. The Balaban J connectivity index is 2.49. The summed E-state index contributed by atoms with van der Waals surface area (Å²) in [7, 11) is 1.79. The summed E-state index contributed by atoms with van der Waals surface area (Å²) < 4.78 is 7.88. The van der Waals surface area contributed by atoms with Crippen molar-refractivity contribution in [3.8, 4) is 0 Å². The summed E-state index contributed by atoms with van der Waals surface area (Å²) in [5.74, 6) is 0. The maximum absolute atomic E-state index is 4.00. The highest BCUT2D eigenvalue weighted by Crippen LogP contribution is 2.49. The van der Waals surface area contributed by atoms with Crippen LogP contribution in [0.5, 0.6) is 0 Å². The zero-order valence-electron chi connectivity index (χ0n) is 3.11. The predicted molar refractivity (Wildman–Crippen MR) is 37.7 cm³/mol. The number of rotatable bonds is 0. The highest BCUT2D eigenvalue weighted by atomic mass is 79.9. The molecule has 0 aromatic carbocycles. The smallest absolute Gasteiger partial charge is 0.174 e. The van der Waals surface area contributed by atoms with E-state index in [2.05, 4.69) is 29.4 Å². The molecule has 1 heterocycles. The Morgan fingerprint density at radius 3 is 2.86 bits per heavy atom. The van der Waals surface area contributed by atoms with Gasteiger partial charge in [0, 0.05) is 0 Å². The molecular weight excluding hydrogens is 215 g/mol. The molecule has 7 heteroatoms. The van der Waals surface area contributed by atoms with Crippen LogP contribution in [0, 0.1) is 0 Å². The second-order valence-electron chi connectivity index (χ2n) is 0.728. The van der Waals surface area contributed by atoms with Crippen molar-refractivity contribution < 1.29 is 0 Å². The van der Waals surface area contributed by atoms with Gasteiger partial charge >= 0.3 is 0 Å². The first kappa shape index (κ1) is 6.19. The molecule has 1 aliphatic rings. The van der Waals surface area contributed by atoms with Crippen molar-refractivity contribution in [2.24, 2.45) is 9.03 Å². The van der Waals surface area contributed by atoms with Gasteiger partial charge in [-0.05, 0) is 15.5 Å². The van der Waals surface area contributed by atoms with Crippen molar-refractivity contribution in [3.05, 3.63) is 0 Å². The number of hydrogen-bond donors (Lipinski definition) is 1. The van der Waals surface area contributed by atoms with E-state index >= 15 is 0 Å². The summed E-state index contributed by atoms with van der Waals surface area (Å²) in [4.78, 5) is 3.00. The molecule has 1 rings (SSSR count). The zero-order chi connectivity index (χ0) is 5.11. The minimum absolute atomic E-state index is 0.423. The fourth-order valence-electron chi connectivity index (χ4n) is 0.150. The Hall–Kier alpha value is 1.07. The van der Waals surface area contributed by atoms with E-state index in [1.54, 1.807) is 0 Å². The van der Waals surface area contributed by atoms with E-state index in [-0.39, 0.29) is 0 Å². The van der Waals surface area contributed by atoms with Gasteiger partial charge in [0.2, 0.25) is 0 Å². The van der Waals surface area contributed by atoms with Gasteiger partial charge in [-0.1, -0.05) is 0 Å². The van der Waals surface area contributed by atoms with Gasteiger partial charge in [-0.25, -0.2) is 4.86 Å². The summed E-state index contributed by atoms with van der Waals surface area (Å²) in [6, 6.07) is 0. The molecule has 7 heavy (non-hydrogen) atoms. The van der Waals surface area contributed by atoms with Crippen LogP contribution >= 0.6 is 39.5 Å². The first-order chi connectivity index (χ1) is 3.39. The third kappa shape index (κ3) is 2.21. The quantitative estimate of drug-likeness (QED) is 0.619. The summed E-state index contributed by atoms with van der Waals surface area (Å²) >= 11 is 3.30. The van der Waals surface area contributed by atoms with Crippen molar-refractivity contribution in [1.82, 2.24) is 4.86 Å². The molecule has 1 N–H and O–H groups in total. The highest BCUT2D eigenvalue weighted by Gasteiger charge is 1.98. The molecule has 1 unspecified atom stereocenters. The Morgan fingerprint density at radius 1 is 1.71 bits per heavy atom. The van der Waals surface area contributed by atoms with Crippen LogP contribution in [0.15, 0.2) is 9.03 Å². The van der Waals surface area contributed by atoms with Gasteiger partial charge in [0.15, 0.2) is 15.4 Å². The second kappa shape index (κ2) is 3.17. The average Bonchev–Trinajstić information content (AvgIpc) is 1.69. The summed E-state index contributed by atoms with van der Waals surface area (Å²) in [5, 5.41) is 0. The molecule has 1 atom stereocenters. The fourth-order valence-corrected chi connectivity index (χ4v) is 3.60. The zero-order valence-corrected chi connectivity index (χ0v) is 7.38. The van der Waals surface area contributed by atoms with E-state index in [9.17, 15) is 0 Å². The molecule has 0 aromatic heterocycles. The Labute approximate surface area is 53.8 Å². The molecule has 0 saturated heterocycles. The van der Waals surface area contributed by atoms with Gasteiger partial charge in [-0.2, -0.15) is 9.03 Å². The minimum Gasteiger partial charge on any atom is -0.204 e. The summed E-state index contributed by atoms with van der Waals surface area (Å²) in [6.07, 6.45) is 0. The number of halogens is 1. The van der Waals surface area contributed by atoms with Crippen LogP contribution < -0.4 is 4.86 Å². The largest absolute Gasteiger partial charge is 0.204 e. The summed E-state index contributed by atoms with van der Waals surface area (Å²) in [5.41, 5.74) is 0. The number of nitrogens with zero attached hydrogens (tertiary/aromatic N) is 2. The highest BCUT2D eigenvalue weighted by molar-refractivity contribution is 9.39. The van der Waals surface area contributed by atoms with Gasteiger partial charge < -0.3 is 0 Å². The second-order valence-corrected chi connectivity index (χ2v) is 5.87. The molecule has 0 radical (unpaired) electrons. The van der Waals surface area contributed by atoms with Gasteiger partial charge in [-0.3, -0.25) is 0 Å². The predicted octanol–water partition coefficient (Wildman–Crippen LogP) is 3.30. The van der Waals surface area contributed by atoms with E-state index in [1.165, 1.54) is 0 Å². The van der Waals surface area contributed by atoms with E-state index in [1.807, 2.05) is 0 Å². The van der Waals surface area contributed by atoms with E-state index < -0.39 is 6.93 Å². The van der Waals surface area contributed by atoms with Crippen molar-refractivity contribution in [1.29, 1.82) is 0 Å². The van der Waals surface area contributed by atoms with Crippen molar-refractivity contribution in [3.63, 3.8) is 0 Å². The van der Waals surface area contributed by atoms with Crippen LogP contribution in [0.25, 0.3) is 0 Å². The van der Waals surface area contributed by atoms with Crippen molar-refractivity contribution >= 4 is 39.5 Å². The van der Waals surface area contributed by atoms with Crippen LogP contribution in [-0.4, -0.2) is 0 Å². The van der Waals surface area contributed by atoms with Crippen LogP contribution in [0.3, 0.4) is 0 Å². The lowest BCUT2D eigenvalue weighted by atomic mass is 13.8. The van der Waals surface area contributed by atoms with Crippen LogP contribution in [0.4, 0.5) is 0 Å². The number of hydrogen-bond acceptors (Lipinski definition) is 3. The van der Waals surface area contributed by atoms with Gasteiger partial charge in [0.05, 0.1) is 0 Å². The molecule has 0 amide bonds. The fraction of sp³-hybridized carbons (Fsp3) is 0. The van der Waals surface area contributed by atoms with Crippen molar-refractivity contribution in [2.45, 2.75) is 0 Å². The molecule has 0 aromatic rings. The van der Waals surface area contributed by atoms with Crippen LogP contribution in [0.1, 0.15) is 0 Å². The van der Waals surface area contributed by atoms with Gasteiger partial charge in [0.1, 0.15) is 8.52 Å². The monoisotopic (exact) mass is 215 g/mol. The Kier molecular flexibility index (Phi) is 2.80. The van der Waals surface area contributed by atoms with E-state index in [0.717, 1.165) is 17.0 Å². The Morgan fingerprint density at radius 2 is 2.57 bits per heavy atom. The van der Waals surface area contributed by atoms with E-state index in [4.69, 9.17) is 0 Å². The number of nitrogens with one attached hydrogen (secondary N) is 1. The van der Waals surface area contributed by atoms with Crippen LogP contribution in [0.2, 0.25) is 0 Å². The molecule has 3 nitrogen and oxygen atoms in total. The first-order valence-corrected chi connectivity index (χ1v) is 6.38. The molecule has 0 aliphatic carbocycles. The summed E-state index contributed by atoms with van der Waals surface area (Å²) in [6.45, 7) is -0.423. The SMILES string of the molecule is BrP1N=PN=PN1. The van der Waals surface area contributed by atoms with Crippen molar-refractivity contribution in [2.75, 3.05) is 0 Å². The standard InChI is InChI=1S/BrHN3P3/c1-7-3-5-2-6-4-7/h(H,2,3,4). The average molecular weight is 216 g/mol. The Bertz CT molecular complexity index is 109. The lowest BCUT2D eigenvalue weighted by molar-refractivity contribution is 1.64. The molecular formula is HBrN3P3. The third-order valence-electron chi connectivity index (χ3n) is 0.330. The third-order valence-corrected chi connectivity index (χ3v) is 5.68. The van der Waals surface area contributed by atoms with E-state index in [0.29, 0.717) is 0 Å². The molecule has 38 valence electrons. The van der Waals surface area contributed by atoms with Crippen LogP contribution in [-0.2, 0) is 0 Å². The molecule has 0 saturated carbocycles. The maximum atomic E-state index is 4.00. The van der Waals surface area contributed by atoms with Gasteiger partial charge in [0.25, 0.3) is 0 Å². The lowest BCUT2D eigenvalue weighted by Gasteiger charge is -1.98. The van der Waals surface area contributed by atoms with Gasteiger partial charge in [-0.15, -0.1) is 0 Å². The minimum atomic E-state index is -0.423.